The van der Waals surface area contributed by atoms with E-state index >= 15 is 0 Å². The van der Waals surface area contributed by atoms with E-state index in [0.29, 0.717) is 5.56 Å². The van der Waals surface area contributed by atoms with Crippen LogP contribution in [0.4, 0.5) is 8.78 Å². The Balaban J connectivity index is 2.60. The summed E-state index contributed by atoms with van der Waals surface area (Å²) < 4.78 is 28.5. The first-order valence-corrected chi connectivity index (χ1v) is 5.07. The number of halogens is 2. The van der Waals surface area contributed by atoms with Gasteiger partial charge in [0.15, 0.2) is 0 Å². The van der Waals surface area contributed by atoms with Gasteiger partial charge in [0.1, 0.15) is 5.75 Å². The number of likely N-dealkylation sites (N-methyl/N-ethyl adjacent to an activating group) is 1. The molecule has 1 amide bonds. The maximum atomic E-state index is 12.1. The van der Waals surface area contributed by atoms with E-state index in [1.54, 1.807) is 25.2 Å². The van der Waals surface area contributed by atoms with Gasteiger partial charge in [-0.3, -0.25) is 4.79 Å². The SMILES string of the molecule is CNCC(=O)NCc1ccccc1OC(F)F. The summed E-state index contributed by atoms with van der Waals surface area (Å²) in [5, 5.41) is 5.27. The van der Waals surface area contributed by atoms with Gasteiger partial charge in [0.2, 0.25) is 5.91 Å². The number of amides is 1. The number of alkyl halides is 2. The zero-order valence-corrected chi connectivity index (χ0v) is 9.37. The van der Waals surface area contributed by atoms with Gasteiger partial charge in [0.05, 0.1) is 6.54 Å². The van der Waals surface area contributed by atoms with Crippen molar-refractivity contribution in [2.75, 3.05) is 13.6 Å². The molecule has 4 nitrogen and oxygen atoms in total. The summed E-state index contributed by atoms with van der Waals surface area (Å²) in [7, 11) is 1.65. The molecule has 0 aromatic heterocycles. The monoisotopic (exact) mass is 244 g/mol. The minimum Gasteiger partial charge on any atom is -0.434 e. The predicted molar refractivity (Wildman–Crippen MR) is 58.8 cm³/mol. The average molecular weight is 244 g/mol. The highest BCUT2D eigenvalue weighted by Gasteiger charge is 2.09. The number of para-hydroxylation sites is 1. The molecule has 0 atom stereocenters. The molecule has 94 valence electrons. The lowest BCUT2D eigenvalue weighted by molar-refractivity contribution is -0.120. The average Bonchev–Trinajstić information content (AvgIpc) is 2.27. The molecule has 6 heteroatoms. The van der Waals surface area contributed by atoms with Crippen LogP contribution in [-0.2, 0) is 11.3 Å². The van der Waals surface area contributed by atoms with E-state index in [1.165, 1.54) is 6.07 Å². The number of benzene rings is 1. The summed E-state index contributed by atoms with van der Waals surface area (Å²) in [6, 6.07) is 6.34. The zero-order valence-electron chi connectivity index (χ0n) is 9.37. The first kappa shape index (κ1) is 13.4. The van der Waals surface area contributed by atoms with E-state index < -0.39 is 6.61 Å². The predicted octanol–water partition coefficient (Wildman–Crippen LogP) is 1.12. The normalized spacial score (nSPS) is 10.4. The van der Waals surface area contributed by atoms with Crippen LogP contribution in [0, 0.1) is 0 Å². The molecule has 1 aromatic carbocycles. The molecule has 0 saturated carbocycles. The molecule has 0 unspecified atom stereocenters. The highest BCUT2D eigenvalue weighted by Crippen LogP contribution is 2.19. The van der Waals surface area contributed by atoms with Crippen LogP contribution in [0.5, 0.6) is 5.75 Å². The molecule has 0 aliphatic carbocycles. The molecule has 0 aliphatic heterocycles. The van der Waals surface area contributed by atoms with Crippen LogP contribution in [-0.4, -0.2) is 26.1 Å². The summed E-state index contributed by atoms with van der Waals surface area (Å²) in [5.41, 5.74) is 0.511. The molecule has 0 heterocycles. The number of hydrogen-bond donors (Lipinski definition) is 2. The molecular weight excluding hydrogens is 230 g/mol. The number of hydrogen-bond acceptors (Lipinski definition) is 3. The molecule has 0 aliphatic rings. The topological polar surface area (TPSA) is 50.4 Å². The molecule has 0 spiro atoms. The van der Waals surface area contributed by atoms with Crippen molar-refractivity contribution >= 4 is 5.91 Å². The molecule has 0 radical (unpaired) electrons. The van der Waals surface area contributed by atoms with Gasteiger partial charge in [-0.25, -0.2) is 0 Å². The van der Waals surface area contributed by atoms with Crippen molar-refractivity contribution in [2.24, 2.45) is 0 Å². The lowest BCUT2D eigenvalue weighted by Crippen LogP contribution is -2.31. The van der Waals surface area contributed by atoms with Crippen LogP contribution in [0.25, 0.3) is 0 Å². The summed E-state index contributed by atoms with van der Waals surface area (Å²) in [5.74, 6) is -0.133. The third-order valence-corrected chi connectivity index (χ3v) is 2.00. The standard InChI is InChI=1S/C11H14F2N2O2/c1-14-7-10(16)15-6-8-4-2-3-5-9(8)17-11(12)13/h2-5,11,14H,6-7H2,1H3,(H,15,16). The minimum absolute atomic E-state index is 0.0762. The third-order valence-electron chi connectivity index (χ3n) is 2.00. The Kier molecular flexibility index (Phi) is 5.35. The van der Waals surface area contributed by atoms with Crippen LogP contribution in [0.15, 0.2) is 24.3 Å². The van der Waals surface area contributed by atoms with Crippen LogP contribution in [0.2, 0.25) is 0 Å². The van der Waals surface area contributed by atoms with Crippen molar-refractivity contribution in [2.45, 2.75) is 13.2 Å². The molecule has 17 heavy (non-hydrogen) atoms. The summed E-state index contributed by atoms with van der Waals surface area (Å²) in [4.78, 5) is 11.2. The van der Waals surface area contributed by atoms with Gasteiger partial charge < -0.3 is 15.4 Å². The van der Waals surface area contributed by atoms with E-state index in [1.807, 2.05) is 0 Å². The van der Waals surface area contributed by atoms with Gasteiger partial charge in [-0.05, 0) is 13.1 Å². The van der Waals surface area contributed by atoms with Gasteiger partial charge >= 0.3 is 6.61 Å². The number of nitrogens with one attached hydrogen (secondary N) is 2. The fourth-order valence-electron chi connectivity index (χ4n) is 1.28. The van der Waals surface area contributed by atoms with Crippen LogP contribution in [0.3, 0.4) is 0 Å². The second kappa shape index (κ2) is 6.80. The lowest BCUT2D eigenvalue weighted by Gasteiger charge is -2.11. The van der Waals surface area contributed by atoms with E-state index in [-0.39, 0.29) is 24.7 Å². The fourth-order valence-corrected chi connectivity index (χ4v) is 1.28. The van der Waals surface area contributed by atoms with Crippen molar-refractivity contribution in [3.63, 3.8) is 0 Å². The summed E-state index contributed by atoms with van der Waals surface area (Å²) in [6.07, 6.45) is 0. The Morgan fingerprint density at radius 1 is 1.41 bits per heavy atom. The minimum atomic E-state index is -2.87. The fraction of sp³-hybridized carbons (Fsp3) is 0.364. The van der Waals surface area contributed by atoms with E-state index in [4.69, 9.17) is 0 Å². The first-order valence-electron chi connectivity index (χ1n) is 5.07. The molecule has 0 bridgehead atoms. The molecular formula is C11H14F2N2O2. The Hall–Kier alpha value is -1.69. The van der Waals surface area contributed by atoms with Crippen LogP contribution in [0.1, 0.15) is 5.56 Å². The van der Waals surface area contributed by atoms with Crippen molar-refractivity contribution < 1.29 is 18.3 Å². The van der Waals surface area contributed by atoms with Crippen LogP contribution >= 0.6 is 0 Å². The van der Waals surface area contributed by atoms with Crippen molar-refractivity contribution in [1.82, 2.24) is 10.6 Å². The third kappa shape index (κ3) is 4.78. The molecule has 1 aromatic rings. The smallest absolute Gasteiger partial charge is 0.387 e. The number of carbonyl (C=O) groups is 1. The summed E-state index contributed by atoms with van der Waals surface area (Å²) >= 11 is 0. The number of ether oxygens (including phenoxy) is 1. The number of carbonyl (C=O) groups excluding carboxylic acids is 1. The Bertz CT molecular complexity index is 372. The first-order chi connectivity index (χ1) is 8.13. The van der Waals surface area contributed by atoms with Crippen LogP contribution < -0.4 is 15.4 Å². The largest absolute Gasteiger partial charge is 0.434 e. The highest BCUT2D eigenvalue weighted by molar-refractivity contribution is 5.77. The van der Waals surface area contributed by atoms with Gasteiger partial charge in [-0.1, -0.05) is 18.2 Å². The second-order valence-corrected chi connectivity index (χ2v) is 3.29. The van der Waals surface area contributed by atoms with E-state index in [9.17, 15) is 13.6 Å². The Labute approximate surface area is 98.0 Å². The second-order valence-electron chi connectivity index (χ2n) is 3.29. The zero-order chi connectivity index (χ0) is 12.7. The molecule has 0 fully saturated rings. The van der Waals surface area contributed by atoms with Gasteiger partial charge in [-0.2, -0.15) is 8.78 Å². The van der Waals surface area contributed by atoms with Gasteiger partial charge in [0.25, 0.3) is 0 Å². The van der Waals surface area contributed by atoms with Crippen molar-refractivity contribution in [1.29, 1.82) is 0 Å². The van der Waals surface area contributed by atoms with Crippen molar-refractivity contribution in [3.05, 3.63) is 29.8 Å². The maximum absolute atomic E-state index is 12.1. The highest BCUT2D eigenvalue weighted by atomic mass is 19.3. The van der Waals surface area contributed by atoms with E-state index in [0.717, 1.165) is 0 Å². The molecule has 0 saturated heterocycles. The number of rotatable bonds is 6. The van der Waals surface area contributed by atoms with Gasteiger partial charge in [0, 0.05) is 12.1 Å². The molecule has 2 N–H and O–H groups in total. The maximum Gasteiger partial charge on any atom is 0.387 e. The summed E-state index contributed by atoms with van der Waals surface area (Å²) in [6.45, 7) is -2.54. The van der Waals surface area contributed by atoms with Gasteiger partial charge in [-0.15, -0.1) is 0 Å². The van der Waals surface area contributed by atoms with E-state index in [2.05, 4.69) is 15.4 Å². The lowest BCUT2D eigenvalue weighted by atomic mass is 10.2. The quantitative estimate of drug-likeness (QED) is 0.788. The Morgan fingerprint density at radius 3 is 2.76 bits per heavy atom. The van der Waals surface area contributed by atoms with Crippen molar-refractivity contribution in [3.8, 4) is 5.75 Å². The Morgan fingerprint density at radius 2 is 2.12 bits per heavy atom. The molecule has 1 rings (SSSR count).